The van der Waals surface area contributed by atoms with Gasteiger partial charge in [0.05, 0.1) is 26.4 Å². The molecule has 0 saturated carbocycles. The Morgan fingerprint density at radius 1 is 1.13 bits per heavy atom. The maximum absolute atomic E-state index is 12.9. The highest BCUT2D eigenvalue weighted by molar-refractivity contribution is 5.78. The van der Waals surface area contributed by atoms with Crippen LogP contribution in [0.4, 0.5) is 0 Å². The summed E-state index contributed by atoms with van der Waals surface area (Å²) in [5.74, 6) is 2.27. The molecule has 2 rings (SSSR count). The molecule has 218 valence electrons. The number of ether oxygens (including phenoxy) is 4. The summed E-state index contributed by atoms with van der Waals surface area (Å²) in [6.45, 7) is 11.7. The van der Waals surface area contributed by atoms with Gasteiger partial charge in [-0.2, -0.15) is 0 Å². The second-order valence-electron chi connectivity index (χ2n) is 11.4. The summed E-state index contributed by atoms with van der Waals surface area (Å²) in [6, 6.07) is 5.63. The Morgan fingerprint density at radius 2 is 1.89 bits per heavy atom. The van der Waals surface area contributed by atoms with E-state index >= 15 is 0 Å². The lowest BCUT2D eigenvalue weighted by Gasteiger charge is -2.30. The molecule has 1 aromatic carbocycles. The van der Waals surface area contributed by atoms with Crippen molar-refractivity contribution >= 4 is 5.91 Å². The van der Waals surface area contributed by atoms with Gasteiger partial charge < -0.3 is 35.1 Å². The van der Waals surface area contributed by atoms with Gasteiger partial charge in [0.15, 0.2) is 11.5 Å². The van der Waals surface area contributed by atoms with Gasteiger partial charge in [0.2, 0.25) is 5.91 Å². The Balaban J connectivity index is 1.97. The van der Waals surface area contributed by atoms with Crippen LogP contribution >= 0.6 is 0 Å². The third kappa shape index (κ3) is 10.7. The number of carbonyl (C=O) groups excluding carboxylic acids is 1. The monoisotopic (exact) mass is 536 g/mol. The minimum atomic E-state index is -0.750. The quantitative estimate of drug-likeness (QED) is 0.245. The lowest BCUT2D eigenvalue weighted by molar-refractivity contribution is -0.127. The van der Waals surface area contributed by atoms with Crippen LogP contribution in [0.3, 0.4) is 0 Å². The van der Waals surface area contributed by atoms with E-state index in [1.165, 1.54) is 0 Å². The van der Waals surface area contributed by atoms with Crippen LogP contribution in [0.1, 0.15) is 58.9 Å². The number of hydrogen-bond acceptors (Lipinski definition) is 7. The molecule has 5 atom stereocenters. The molecule has 38 heavy (non-hydrogen) atoms. The van der Waals surface area contributed by atoms with E-state index in [2.05, 4.69) is 25.2 Å². The number of hydrogen-bond donors (Lipinski definition) is 3. The maximum atomic E-state index is 12.9. The summed E-state index contributed by atoms with van der Waals surface area (Å²) in [6.07, 6.45) is 2.87. The molecule has 4 N–H and O–H groups in total. The number of rotatable bonds is 18. The molecule has 8 nitrogen and oxygen atoms in total. The van der Waals surface area contributed by atoms with Crippen LogP contribution in [0.5, 0.6) is 11.5 Å². The molecular formula is C30H52N2O6. The van der Waals surface area contributed by atoms with E-state index in [4.69, 9.17) is 24.7 Å². The van der Waals surface area contributed by atoms with Gasteiger partial charge >= 0.3 is 0 Å². The van der Waals surface area contributed by atoms with Gasteiger partial charge in [0, 0.05) is 51.2 Å². The number of nitrogens with two attached hydrogens (primary N) is 1. The van der Waals surface area contributed by atoms with E-state index < -0.39 is 12.1 Å². The van der Waals surface area contributed by atoms with E-state index in [9.17, 15) is 9.90 Å². The van der Waals surface area contributed by atoms with Crippen LogP contribution < -0.4 is 20.5 Å². The predicted molar refractivity (Wildman–Crippen MR) is 150 cm³/mol. The smallest absolute Gasteiger partial charge is 0.223 e. The van der Waals surface area contributed by atoms with Crippen LogP contribution in [0, 0.1) is 29.6 Å². The number of aliphatic hydroxyl groups excluding tert-OH is 1. The molecule has 0 spiro atoms. The minimum Gasteiger partial charge on any atom is -0.493 e. The zero-order chi connectivity index (χ0) is 28.1. The van der Waals surface area contributed by atoms with Crippen LogP contribution in [0.2, 0.25) is 0 Å². The zero-order valence-electron chi connectivity index (χ0n) is 24.4. The van der Waals surface area contributed by atoms with Crippen LogP contribution in [-0.2, 0) is 20.7 Å². The first kappa shape index (κ1) is 32.3. The molecule has 1 aliphatic rings. The van der Waals surface area contributed by atoms with Gasteiger partial charge in [-0.15, -0.1) is 0 Å². The second-order valence-corrected chi connectivity index (χ2v) is 11.4. The fourth-order valence-electron chi connectivity index (χ4n) is 4.98. The van der Waals surface area contributed by atoms with Crippen molar-refractivity contribution in [1.29, 1.82) is 0 Å². The average molecular weight is 537 g/mol. The Kier molecular flexibility index (Phi) is 14.4. The molecule has 0 aromatic heterocycles. The van der Waals surface area contributed by atoms with Crippen LogP contribution in [0.25, 0.3) is 0 Å². The Morgan fingerprint density at radius 3 is 2.50 bits per heavy atom. The highest BCUT2D eigenvalue weighted by atomic mass is 16.5. The van der Waals surface area contributed by atoms with Crippen molar-refractivity contribution in [3.63, 3.8) is 0 Å². The first-order chi connectivity index (χ1) is 18.2. The summed E-state index contributed by atoms with van der Waals surface area (Å²) in [7, 11) is 3.32. The van der Waals surface area contributed by atoms with Crippen molar-refractivity contribution < 1.29 is 28.8 Å². The maximum Gasteiger partial charge on any atom is 0.223 e. The summed E-state index contributed by atoms with van der Waals surface area (Å²) in [5, 5.41) is 14.1. The molecule has 1 saturated heterocycles. The van der Waals surface area contributed by atoms with E-state index in [0.29, 0.717) is 56.8 Å². The van der Waals surface area contributed by atoms with E-state index in [1.807, 2.05) is 26.0 Å². The topological polar surface area (TPSA) is 112 Å². The van der Waals surface area contributed by atoms with E-state index in [-0.39, 0.29) is 23.7 Å². The number of benzene rings is 1. The van der Waals surface area contributed by atoms with Gasteiger partial charge in [-0.1, -0.05) is 33.8 Å². The minimum absolute atomic E-state index is 0.00480. The standard InChI is InChI=1S/C30H52N2O6/c1-20(2)24(14-22-8-9-28(36-6)29(15-22)38-12-7-11-35-5)16-26(31)27(33)17-25(21(3)4)30(34)32-18-23-10-13-37-19-23/h8-9,15,20-21,23-27,33H,7,10-14,16-19,31H2,1-6H3,(H,32,34)/t23-,24+,25+,26+,27+/m1/s1. The van der Waals surface area contributed by atoms with Gasteiger partial charge in [0.25, 0.3) is 0 Å². The van der Waals surface area contributed by atoms with Crippen LogP contribution in [-0.4, -0.2) is 70.4 Å². The summed E-state index contributed by atoms with van der Waals surface area (Å²) >= 11 is 0. The largest absolute Gasteiger partial charge is 0.493 e. The highest BCUT2D eigenvalue weighted by Crippen LogP contribution is 2.32. The Bertz CT molecular complexity index is 812. The first-order valence-corrected chi connectivity index (χ1v) is 14.2. The fourth-order valence-corrected chi connectivity index (χ4v) is 4.98. The van der Waals surface area contributed by atoms with Crippen molar-refractivity contribution in [3.8, 4) is 11.5 Å². The second kappa shape index (κ2) is 17.0. The average Bonchev–Trinajstić information content (AvgIpc) is 3.41. The van der Waals surface area contributed by atoms with Crippen molar-refractivity contribution in [3.05, 3.63) is 23.8 Å². The van der Waals surface area contributed by atoms with E-state index in [0.717, 1.165) is 37.2 Å². The van der Waals surface area contributed by atoms with Crippen molar-refractivity contribution in [2.75, 3.05) is 47.2 Å². The third-order valence-corrected chi connectivity index (χ3v) is 7.71. The predicted octanol–water partition coefficient (Wildman–Crippen LogP) is 3.82. The zero-order valence-corrected chi connectivity index (χ0v) is 24.4. The Hall–Kier alpha value is -1.87. The summed E-state index contributed by atoms with van der Waals surface area (Å²) < 4.78 is 22.0. The molecule has 0 aliphatic carbocycles. The number of amides is 1. The molecule has 8 heteroatoms. The normalized spacial score (nSPS) is 18.8. The lowest BCUT2D eigenvalue weighted by Crippen LogP contribution is -2.43. The molecule has 1 aliphatic heterocycles. The number of aliphatic hydroxyl groups is 1. The third-order valence-electron chi connectivity index (χ3n) is 7.71. The SMILES string of the molecule is COCCCOc1cc(C[C@@H](C[C@H](N)[C@@H](O)C[C@H](C(=O)NC[C@H]2CCOC2)C(C)C)C(C)C)ccc1OC. The van der Waals surface area contributed by atoms with Crippen LogP contribution in [0.15, 0.2) is 18.2 Å². The van der Waals surface area contributed by atoms with Gasteiger partial charge in [-0.05, 0) is 61.1 Å². The molecule has 1 amide bonds. The lowest BCUT2D eigenvalue weighted by atomic mass is 9.80. The number of carbonyl (C=O) groups is 1. The first-order valence-electron chi connectivity index (χ1n) is 14.2. The van der Waals surface area contributed by atoms with Crippen molar-refractivity contribution in [2.45, 2.75) is 71.9 Å². The highest BCUT2D eigenvalue weighted by Gasteiger charge is 2.30. The molecule has 0 radical (unpaired) electrons. The fraction of sp³-hybridized carbons (Fsp3) is 0.767. The summed E-state index contributed by atoms with van der Waals surface area (Å²) in [5.41, 5.74) is 7.69. The molecule has 0 bridgehead atoms. The van der Waals surface area contributed by atoms with Crippen molar-refractivity contribution in [1.82, 2.24) is 5.32 Å². The van der Waals surface area contributed by atoms with Gasteiger partial charge in [-0.3, -0.25) is 4.79 Å². The molecule has 0 unspecified atom stereocenters. The van der Waals surface area contributed by atoms with E-state index in [1.54, 1.807) is 14.2 Å². The molecule has 1 fully saturated rings. The molecular weight excluding hydrogens is 484 g/mol. The van der Waals surface area contributed by atoms with Gasteiger partial charge in [0.1, 0.15) is 0 Å². The Labute approximate surface area is 229 Å². The van der Waals surface area contributed by atoms with Gasteiger partial charge in [-0.25, -0.2) is 0 Å². The van der Waals surface area contributed by atoms with Crippen molar-refractivity contribution in [2.24, 2.45) is 35.3 Å². The number of nitrogens with one attached hydrogen (secondary N) is 1. The number of methoxy groups -OCH3 is 2. The molecule has 1 heterocycles. The summed E-state index contributed by atoms with van der Waals surface area (Å²) in [4.78, 5) is 12.9. The molecule has 1 aromatic rings.